The van der Waals surface area contributed by atoms with Gasteiger partial charge in [-0.3, -0.25) is 0 Å². The van der Waals surface area contributed by atoms with Crippen LogP contribution in [0.3, 0.4) is 0 Å². The molecule has 0 aliphatic heterocycles. The van der Waals surface area contributed by atoms with Gasteiger partial charge in [-0.15, -0.1) is 0 Å². The molecule has 2 aromatic rings. The third kappa shape index (κ3) is 5.14. The van der Waals surface area contributed by atoms with E-state index in [2.05, 4.69) is 6.58 Å². The van der Waals surface area contributed by atoms with Gasteiger partial charge in [-0.2, -0.15) is 0 Å². The summed E-state index contributed by atoms with van der Waals surface area (Å²) in [7, 11) is 0. The molecule has 2 unspecified atom stereocenters. The molecule has 0 nitrogen and oxygen atoms in total. The van der Waals surface area contributed by atoms with Crippen LogP contribution in [0.2, 0.25) is 10.0 Å². The molecule has 0 saturated carbocycles. The van der Waals surface area contributed by atoms with E-state index >= 15 is 0 Å². The lowest BCUT2D eigenvalue weighted by Gasteiger charge is -2.22. The summed E-state index contributed by atoms with van der Waals surface area (Å²) < 4.78 is 56.9. The van der Waals surface area contributed by atoms with Crippen molar-refractivity contribution < 1.29 is 17.6 Å². The molecule has 2 rings (SSSR count). The quantitative estimate of drug-likeness (QED) is 0.414. The van der Waals surface area contributed by atoms with Crippen LogP contribution in [0, 0.1) is 0 Å². The molecule has 144 valence electrons. The molecular formula is C21H18Cl2F4. The fraction of sp³-hybridized carbons (Fsp3) is 0.238. The molecule has 0 spiro atoms. The molecule has 0 aromatic heterocycles. The molecule has 0 fully saturated rings. The maximum atomic E-state index is 14.8. The Balaban J connectivity index is 2.52. The first-order chi connectivity index (χ1) is 12.5. The van der Waals surface area contributed by atoms with Crippen molar-refractivity contribution in [1.29, 1.82) is 0 Å². The van der Waals surface area contributed by atoms with Crippen molar-refractivity contribution in [2.45, 2.75) is 31.9 Å². The second-order valence-electron chi connectivity index (χ2n) is 6.29. The van der Waals surface area contributed by atoms with Gasteiger partial charge in [0.25, 0.3) is 5.92 Å². The van der Waals surface area contributed by atoms with Gasteiger partial charge in [0.15, 0.2) is 0 Å². The Kier molecular flexibility index (Phi) is 6.77. The molecule has 27 heavy (non-hydrogen) atoms. The number of hydrogen-bond donors (Lipinski definition) is 0. The minimum absolute atomic E-state index is 0.00871. The molecule has 2 atom stereocenters. The minimum Gasteiger partial charge on any atom is -0.243 e. The van der Waals surface area contributed by atoms with Gasteiger partial charge in [-0.05, 0) is 47.9 Å². The van der Waals surface area contributed by atoms with Gasteiger partial charge in [-0.25, -0.2) is 17.6 Å². The molecule has 0 saturated heterocycles. The Bertz CT molecular complexity index is 867. The van der Waals surface area contributed by atoms with E-state index < -0.39 is 23.8 Å². The first kappa shape index (κ1) is 21.5. The predicted octanol–water partition coefficient (Wildman–Crippen LogP) is 8.42. The number of hydrogen-bond acceptors (Lipinski definition) is 0. The van der Waals surface area contributed by atoms with E-state index in [9.17, 15) is 17.6 Å². The lowest BCUT2D eigenvalue weighted by molar-refractivity contribution is 0.00669. The number of benzene rings is 2. The van der Waals surface area contributed by atoms with Crippen molar-refractivity contribution in [3.05, 3.63) is 81.4 Å². The monoisotopic (exact) mass is 416 g/mol. The van der Waals surface area contributed by atoms with E-state index in [4.69, 9.17) is 23.2 Å². The first-order valence-electron chi connectivity index (χ1n) is 8.15. The van der Waals surface area contributed by atoms with Crippen molar-refractivity contribution in [2.75, 3.05) is 0 Å². The van der Waals surface area contributed by atoms with Gasteiger partial charge in [0.2, 0.25) is 0 Å². The number of rotatable bonds is 6. The predicted molar refractivity (Wildman–Crippen MR) is 105 cm³/mol. The molecule has 0 amide bonds. The Labute approximate surface area is 166 Å². The first-order valence-corrected chi connectivity index (χ1v) is 8.91. The number of alkyl halides is 3. The zero-order valence-corrected chi connectivity index (χ0v) is 16.3. The third-order valence-electron chi connectivity index (χ3n) is 4.17. The summed E-state index contributed by atoms with van der Waals surface area (Å²) in [5.74, 6) is -5.71. The van der Waals surface area contributed by atoms with Gasteiger partial charge in [0.05, 0.1) is 16.0 Å². The highest BCUT2D eigenvalue weighted by Gasteiger charge is 2.34. The van der Waals surface area contributed by atoms with Gasteiger partial charge in [-0.1, -0.05) is 54.1 Å². The largest absolute Gasteiger partial charge is 0.255 e. The Morgan fingerprint density at radius 2 is 1.78 bits per heavy atom. The van der Waals surface area contributed by atoms with E-state index in [-0.39, 0.29) is 26.7 Å². The summed E-state index contributed by atoms with van der Waals surface area (Å²) >= 11 is 11.7. The highest BCUT2D eigenvalue weighted by atomic mass is 35.5. The van der Waals surface area contributed by atoms with Crippen LogP contribution in [0.25, 0.3) is 11.9 Å². The third-order valence-corrected chi connectivity index (χ3v) is 4.91. The van der Waals surface area contributed by atoms with E-state index in [1.165, 1.54) is 49.4 Å². The van der Waals surface area contributed by atoms with Crippen LogP contribution in [0.5, 0.6) is 0 Å². The normalized spacial score (nSPS) is 14.7. The van der Waals surface area contributed by atoms with Crippen LogP contribution in [0.4, 0.5) is 17.6 Å². The van der Waals surface area contributed by atoms with Crippen molar-refractivity contribution in [2.24, 2.45) is 0 Å². The molecule has 0 radical (unpaired) electrons. The van der Waals surface area contributed by atoms with Crippen molar-refractivity contribution in [1.82, 2.24) is 0 Å². The molecule has 0 aliphatic rings. The molecule has 2 aromatic carbocycles. The SMILES string of the molecule is C=Cc1ccc(/C(F)=C/C(c2ccc(Cl)c(Cl)c2)C(C)(F)F)cc1C(C)F. The maximum Gasteiger partial charge on any atom is 0.255 e. The van der Waals surface area contributed by atoms with Crippen molar-refractivity contribution >= 4 is 35.1 Å². The maximum absolute atomic E-state index is 14.8. The van der Waals surface area contributed by atoms with Crippen LogP contribution in [0.15, 0.2) is 49.1 Å². The van der Waals surface area contributed by atoms with Crippen LogP contribution in [-0.4, -0.2) is 5.92 Å². The molecule has 0 aliphatic carbocycles. The Hall–Kier alpha value is -1.78. The Morgan fingerprint density at radius 1 is 1.11 bits per heavy atom. The smallest absolute Gasteiger partial charge is 0.243 e. The highest BCUT2D eigenvalue weighted by molar-refractivity contribution is 6.42. The Morgan fingerprint density at radius 3 is 2.30 bits per heavy atom. The van der Waals surface area contributed by atoms with Crippen LogP contribution >= 0.6 is 23.2 Å². The molecular weight excluding hydrogens is 399 g/mol. The molecule has 0 heterocycles. The van der Waals surface area contributed by atoms with Crippen LogP contribution in [0.1, 0.15) is 48.2 Å². The van der Waals surface area contributed by atoms with Gasteiger partial charge < -0.3 is 0 Å². The van der Waals surface area contributed by atoms with Crippen molar-refractivity contribution in [3.8, 4) is 0 Å². The zero-order valence-electron chi connectivity index (χ0n) is 14.7. The summed E-state index contributed by atoms with van der Waals surface area (Å²) in [6.07, 6.45) is 0.911. The summed E-state index contributed by atoms with van der Waals surface area (Å²) in [6, 6.07) is 8.23. The van der Waals surface area contributed by atoms with E-state index in [0.29, 0.717) is 12.5 Å². The van der Waals surface area contributed by atoms with Gasteiger partial charge in [0, 0.05) is 12.5 Å². The summed E-state index contributed by atoms with van der Waals surface area (Å²) in [4.78, 5) is 0. The van der Waals surface area contributed by atoms with Gasteiger partial charge in [0.1, 0.15) is 12.0 Å². The van der Waals surface area contributed by atoms with E-state index in [0.717, 1.165) is 6.08 Å². The lowest BCUT2D eigenvalue weighted by Crippen LogP contribution is -2.21. The average Bonchev–Trinajstić information content (AvgIpc) is 2.60. The van der Waals surface area contributed by atoms with E-state index in [1.807, 2.05) is 0 Å². The summed E-state index contributed by atoms with van der Waals surface area (Å²) in [6.45, 7) is 5.59. The fourth-order valence-corrected chi connectivity index (χ4v) is 3.04. The number of halogens is 6. The molecule has 0 bridgehead atoms. The number of allylic oxidation sites excluding steroid dienone is 1. The standard InChI is InChI=1S/C21H18Cl2F4/c1-4-13-5-6-15(9-16(13)12(2)24)20(25)11-17(21(3,26)27)14-7-8-18(22)19(23)10-14/h4-12,17H,1H2,2-3H3/b20-11-. The highest BCUT2D eigenvalue weighted by Crippen LogP contribution is 2.39. The molecule has 0 N–H and O–H groups in total. The fourth-order valence-electron chi connectivity index (χ4n) is 2.74. The lowest BCUT2D eigenvalue weighted by atomic mass is 9.91. The summed E-state index contributed by atoms with van der Waals surface area (Å²) in [5.41, 5.74) is 0.882. The summed E-state index contributed by atoms with van der Waals surface area (Å²) in [5, 5.41) is 0.311. The molecule has 6 heteroatoms. The minimum atomic E-state index is -3.26. The van der Waals surface area contributed by atoms with Crippen molar-refractivity contribution in [3.63, 3.8) is 0 Å². The zero-order chi connectivity index (χ0) is 20.4. The second kappa shape index (κ2) is 8.49. The van der Waals surface area contributed by atoms with Crippen LogP contribution in [-0.2, 0) is 0 Å². The van der Waals surface area contributed by atoms with Crippen LogP contribution < -0.4 is 0 Å². The average molecular weight is 417 g/mol. The topological polar surface area (TPSA) is 0 Å². The van der Waals surface area contributed by atoms with E-state index in [1.54, 1.807) is 0 Å². The second-order valence-corrected chi connectivity index (χ2v) is 7.10. The van der Waals surface area contributed by atoms with Gasteiger partial charge >= 0.3 is 0 Å².